The number of alkyl halides is 4. The van der Waals surface area contributed by atoms with Crippen molar-refractivity contribution in [2.75, 3.05) is 0 Å². The number of halogens is 4. The quantitative estimate of drug-likeness (QED) is 0.435. The van der Waals surface area contributed by atoms with E-state index in [9.17, 15) is 17.6 Å². The van der Waals surface area contributed by atoms with Crippen molar-refractivity contribution in [3.63, 3.8) is 0 Å². The van der Waals surface area contributed by atoms with Gasteiger partial charge in [-0.05, 0) is 6.92 Å². The molecule has 0 aromatic rings. The molecule has 0 amide bonds. The predicted molar refractivity (Wildman–Crippen MR) is 18.8 cm³/mol. The molecule has 1 fully saturated rings. The van der Waals surface area contributed by atoms with Gasteiger partial charge in [-0.2, -0.15) is 17.6 Å². The molecule has 0 atom stereocenters. The molecule has 1 aliphatic rings. The average molecular weight is 127 g/mol. The molecule has 0 heterocycles. The largest absolute Gasteiger partial charge is 0.323 e. The molecule has 0 N–H and O–H groups in total. The van der Waals surface area contributed by atoms with Crippen LogP contribution in [-0.2, 0) is 0 Å². The van der Waals surface area contributed by atoms with Crippen LogP contribution in [0.15, 0.2) is 0 Å². The van der Waals surface area contributed by atoms with Crippen LogP contribution in [-0.4, -0.2) is 11.8 Å². The van der Waals surface area contributed by atoms with E-state index in [1.165, 1.54) is 0 Å². The smallest absolute Gasteiger partial charge is 0.199 e. The summed E-state index contributed by atoms with van der Waals surface area (Å²) in [5, 5.41) is 0. The molecule has 0 aromatic heterocycles. The normalized spacial score (nSPS) is 32.6. The van der Waals surface area contributed by atoms with E-state index in [4.69, 9.17) is 0 Å². The fourth-order valence-corrected chi connectivity index (χ4v) is 0.417. The maximum atomic E-state index is 11.5. The average Bonchev–Trinajstić information content (AvgIpc) is 1.88. The fraction of sp³-hybridized carbons (Fsp3) is 0.750. The first kappa shape index (κ1) is 5.85. The monoisotopic (exact) mass is 127 g/mol. The maximum absolute atomic E-state index is 11.5. The highest BCUT2D eigenvalue weighted by Gasteiger charge is 2.83. The standard InChI is InChI=1S/C4H3F4/c1-2-3(5,6)4(2,7)8/h1H3. The second-order valence-electron chi connectivity index (χ2n) is 1.77. The van der Waals surface area contributed by atoms with Crippen molar-refractivity contribution < 1.29 is 17.6 Å². The highest BCUT2D eigenvalue weighted by molar-refractivity contribution is 5.35. The van der Waals surface area contributed by atoms with Crippen molar-refractivity contribution in [1.82, 2.24) is 0 Å². The lowest BCUT2D eigenvalue weighted by Gasteiger charge is -1.87. The van der Waals surface area contributed by atoms with Gasteiger partial charge in [0.15, 0.2) is 0 Å². The van der Waals surface area contributed by atoms with Gasteiger partial charge in [0.25, 0.3) is 0 Å². The summed E-state index contributed by atoms with van der Waals surface area (Å²) in [5.41, 5.74) is 0. The van der Waals surface area contributed by atoms with E-state index in [0.717, 1.165) is 6.92 Å². The summed E-state index contributed by atoms with van der Waals surface area (Å²) in [6.07, 6.45) is 0. The third kappa shape index (κ3) is 0.364. The molecule has 0 unspecified atom stereocenters. The molecule has 4 heteroatoms. The number of rotatable bonds is 0. The molecule has 1 rings (SSSR count). The van der Waals surface area contributed by atoms with Crippen molar-refractivity contribution in [1.29, 1.82) is 0 Å². The van der Waals surface area contributed by atoms with Gasteiger partial charge in [-0.3, -0.25) is 0 Å². The van der Waals surface area contributed by atoms with Gasteiger partial charge in [0, 0.05) is 0 Å². The summed E-state index contributed by atoms with van der Waals surface area (Å²) < 4.78 is 46.1. The molecule has 0 aromatic carbocycles. The van der Waals surface area contributed by atoms with Gasteiger partial charge in [0.05, 0.1) is 0 Å². The molecule has 1 radical (unpaired) electrons. The minimum Gasteiger partial charge on any atom is -0.199 e. The third-order valence-corrected chi connectivity index (χ3v) is 1.27. The Morgan fingerprint density at radius 3 is 1.12 bits per heavy atom. The zero-order valence-electron chi connectivity index (χ0n) is 4.01. The number of hydrogen-bond acceptors (Lipinski definition) is 0. The van der Waals surface area contributed by atoms with E-state index in [1.54, 1.807) is 0 Å². The molecule has 0 spiro atoms. The van der Waals surface area contributed by atoms with E-state index >= 15 is 0 Å². The van der Waals surface area contributed by atoms with E-state index < -0.39 is 17.8 Å². The van der Waals surface area contributed by atoms with Crippen LogP contribution in [0.3, 0.4) is 0 Å². The summed E-state index contributed by atoms with van der Waals surface area (Å²) in [5.74, 6) is -8.65. The van der Waals surface area contributed by atoms with Crippen LogP contribution < -0.4 is 0 Å². The van der Waals surface area contributed by atoms with Gasteiger partial charge in [0.1, 0.15) is 5.92 Å². The van der Waals surface area contributed by atoms with Crippen LogP contribution in [0.5, 0.6) is 0 Å². The molecular weight excluding hydrogens is 124 g/mol. The van der Waals surface area contributed by atoms with E-state index in [0.29, 0.717) is 0 Å². The molecular formula is C4H3F4. The molecule has 47 valence electrons. The Hall–Kier alpha value is -0.280. The Bertz CT molecular complexity index is 103. The van der Waals surface area contributed by atoms with Crippen LogP contribution in [0.1, 0.15) is 6.92 Å². The van der Waals surface area contributed by atoms with Gasteiger partial charge < -0.3 is 0 Å². The zero-order chi connectivity index (χ0) is 6.58. The van der Waals surface area contributed by atoms with Gasteiger partial charge in [-0.1, -0.05) is 0 Å². The fourth-order valence-electron chi connectivity index (χ4n) is 0.417. The summed E-state index contributed by atoms with van der Waals surface area (Å²) in [7, 11) is 0. The summed E-state index contributed by atoms with van der Waals surface area (Å²) in [6.45, 7) is 0.750. The summed E-state index contributed by atoms with van der Waals surface area (Å²) in [4.78, 5) is 0. The second-order valence-corrected chi connectivity index (χ2v) is 1.77. The van der Waals surface area contributed by atoms with Crippen molar-refractivity contribution in [2.24, 2.45) is 0 Å². The summed E-state index contributed by atoms with van der Waals surface area (Å²) in [6, 6.07) is 0. The second kappa shape index (κ2) is 1.01. The van der Waals surface area contributed by atoms with Crippen LogP contribution in [0.4, 0.5) is 17.6 Å². The topological polar surface area (TPSA) is 0 Å². The van der Waals surface area contributed by atoms with E-state index in [-0.39, 0.29) is 0 Å². The van der Waals surface area contributed by atoms with Gasteiger partial charge in [-0.25, -0.2) is 0 Å². The van der Waals surface area contributed by atoms with Gasteiger partial charge in [-0.15, -0.1) is 0 Å². The van der Waals surface area contributed by atoms with Crippen molar-refractivity contribution >= 4 is 0 Å². The molecule has 1 aliphatic carbocycles. The van der Waals surface area contributed by atoms with Crippen LogP contribution in [0, 0.1) is 5.92 Å². The van der Waals surface area contributed by atoms with Gasteiger partial charge in [0.2, 0.25) is 0 Å². The Kier molecular flexibility index (Phi) is 0.742. The Morgan fingerprint density at radius 2 is 1.12 bits per heavy atom. The Labute approximate surface area is 43.5 Å². The van der Waals surface area contributed by atoms with Crippen molar-refractivity contribution in [3.8, 4) is 0 Å². The molecule has 0 aliphatic heterocycles. The first-order valence-electron chi connectivity index (χ1n) is 2.01. The lowest BCUT2D eigenvalue weighted by atomic mass is 10.5. The van der Waals surface area contributed by atoms with Gasteiger partial charge >= 0.3 is 11.8 Å². The molecule has 8 heavy (non-hydrogen) atoms. The van der Waals surface area contributed by atoms with Crippen LogP contribution in [0.2, 0.25) is 0 Å². The Balaban J connectivity index is 2.72. The van der Waals surface area contributed by atoms with Crippen molar-refractivity contribution in [2.45, 2.75) is 18.8 Å². The zero-order valence-corrected chi connectivity index (χ0v) is 4.01. The first-order valence-corrected chi connectivity index (χ1v) is 2.01. The minimum atomic E-state index is -3.81. The number of hydrogen-bond donors (Lipinski definition) is 0. The lowest BCUT2D eigenvalue weighted by molar-refractivity contribution is -0.0278. The van der Waals surface area contributed by atoms with E-state index in [1.807, 2.05) is 0 Å². The molecule has 0 nitrogen and oxygen atoms in total. The molecule has 0 bridgehead atoms. The predicted octanol–water partition coefficient (Wildman–Crippen LogP) is 1.86. The van der Waals surface area contributed by atoms with Crippen molar-refractivity contribution in [3.05, 3.63) is 5.92 Å². The highest BCUT2D eigenvalue weighted by atomic mass is 19.3. The van der Waals surface area contributed by atoms with Crippen LogP contribution >= 0.6 is 0 Å². The molecule has 1 saturated carbocycles. The van der Waals surface area contributed by atoms with E-state index in [2.05, 4.69) is 0 Å². The van der Waals surface area contributed by atoms with Crippen LogP contribution in [0.25, 0.3) is 0 Å². The SMILES string of the molecule is C[C]1C(F)(F)C1(F)F. The third-order valence-electron chi connectivity index (χ3n) is 1.27. The summed E-state index contributed by atoms with van der Waals surface area (Å²) >= 11 is 0. The first-order chi connectivity index (χ1) is 3.40. The highest BCUT2D eigenvalue weighted by Crippen LogP contribution is 2.63. The Morgan fingerprint density at radius 1 is 1.00 bits per heavy atom. The lowest BCUT2D eigenvalue weighted by Crippen LogP contribution is -2.02. The minimum absolute atomic E-state index is 0.750. The molecule has 0 saturated heterocycles. The maximum Gasteiger partial charge on any atom is 0.323 e.